The number of amides is 1. The van der Waals surface area contributed by atoms with Gasteiger partial charge in [-0.05, 0) is 62.6 Å². The van der Waals surface area contributed by atoms with Gasteiger partial charge in [-0.2, -0.15) is 0 Å². The van der Waals surface area contributed by atoms with Gasteiger partial charge in [0.15, 0.2) is 0 Å². The van der Waals surface area contributed by atoms with E-state index in [1.165, 1.54) is 0 Å². The summed E-state index contributed by atoms with van der Waals surface area (Å²) in [4.78, 5) is 25.0. The first-order valence-electron chi connectivity index (χ1n) is 8.94. The van der Waals surface area contributed by atoms with E-state index in [4.69, 9.17) is 0 Å². The van der Waals surface area contributed by atoms with Crippen molar-refractivity contribution < 1.29 is 14.3 Å². The Morgan fingerprint density at radius 2 is 1.81 bits per heavy atom. The molecule has 0 N–H and O–H groups in total. The maximum atomic E-state index is 12.2. The number of likely N-dealkylation sites (tertiary alicyclic amines) is 1. The second-order valence-corrected chi connectivity index (χ2v) is 7.71. The zero-order chi connectivity index (χ0) is 19.5. The van der Waals surface area contributed by atoms with Crippen LogP contribution in [-0.4, -0.2) is 48.8 Å². The van der Waals surface area contributed by atoms with E-state index in [0.717, 1.165) is 42.0 Å². The number of benzene rings is 2. The summed E-state index contributed by atoms with van der Waals surface area (Å²) in [7, 11) is 4.00. The Balaban J connectivity index is 0.000000223. The lowest BCUT2D eigenvalue weighted by Gasteiger charge is -2.16. The van der Waals surface area contributed by atoms with Gasteiger partial charge in [-0.25, -0.2) is 0 Å². The Kier molecular flexibility index (Phi) is 8.87. The molecule has 0 atom stereocenters. The molecule has 2 aromatic carbocycles. The Morgan fingerprint density at radius 3 is 2.44 bits per heavy atom. The Morgan fingerprint density at radius 1 is 1.11 bits per heavy atom. The molecule has 0 bridgehead atoms. The summed E-state index contributed by atoms with van der Waals surface area (Å²) in [5, 5.41) is 0. The molecule has 1 saturated heterocycles. The van der Waals surface area contributed by atoms with Gasteiger partial charge in [0.1, 0.15) is 6.61 Å². The molecule has 0 spiro atoms. The molecule has 0 unspecified atom stereocenters. The third-order valence-electron chi connectivity index (χ3n) is 3.92. The van der Waals surface area contributed by atoms with Gasteiger partial charge in [0, 0.05) is 23.5 Å². The summed E-state index contributed by atoms with van der Waals surface area (Å²) in [5.74, 6) is 0.170. The predicted molar refractivity (Wildman–Crippen MR) is 108 cm³/mol. The molecule has 0 radical (unpaired) electrons. The summed E-state index contributed by atoms with van der Waals surface area (Å²) in [6, 6.07) is 17.4. The Labute approximate surface area is 165 Å². The van der Waals surface area contributed by atoms with Crippen LogP contribution in [0.3, 0.4) is 0 Å². The van der Waals surface area contributed by atoms with E-state index in [1.807, 2.05) is 77.9 Å². The summed E-state index contributed by atoms with van der Waals surface area (Å²) >= 11 is 1.64. The van der Waals surface area contributed by atoms with Crippen molar-refractivity contribution in [2.45, 2.75) is 24.3 Å². The fourth-order valence-electron chi connectivity index (χ4n) is 2.70. The average molecular weight is 387 g/mol. The lowest BCUT2D eigenvalue weighted by atomic mass is 10.2. The van der Waals surface area contributed by atoms with Crippen LogP contribution in [0.4, 0.5) is 0 Å². The van der Waals surface area contributed by atoms with Crippen LogP contribution in [0.2, 0.25) is 0 Å². The minimum absolute atomic E-state index is 0.170. The van der Waals surface area contributed by atoms with Gasteiger partial charge in [-0.15, -0.1) is 0 Å². The maximum Gasteiger partial charge on any atom is 0.293 e. The number of carbonyl (C=O) groups is 2. The molecule has 0 saturated carbocycles. The summed E-state index contributed by atoms with van der Waals surface area (Å²) in [6.45, 7) is 2.63. The van der Waals surface area contributed by atoms with Crippen molar-refractivity contribution in [1.82, 2.24) is 9.21 Å². The van der Waals surface area contributed by atoms with Crippen LogP contribution < -0.4 is 0 Å². The van der Waals surface area contributed by atoms with Gasteiger partial charge in [0.2, 0.25) is 0 Å². The van der Waals surface area contributed by atoms with Crippen LogP contribution >= 0.6 is 11.9 Å². The van der Waals surface area contributed by atoms with Crippen molar-refractivity contribution in [3.63, 3.8) is 0 Å². The van der Waals surface area contributed by atoms with Gasteiger partial charge >= 0.3 is 0 Å². The van der Waals surface area contributed by atoms with Gasteiger partial charge in [0.25, 0.3) is 12.4 Å². The van der Waals surface area contributed by atoms with E-state index in [1.54, 1.807) is 11.9 Å². The smallest absolute Gasteiger partial charge is 0.293 e. The second-order valence-electron chi connectivity index (χ2n) is 6.32. The molecule has 144 valence electrons. The van der Waals surface area contributed by atoms with Crippen LogP contribution in [0, 0.1) is 0 Å². The largest absolute Gasteiger partial charge is 0.463 e. The first-order chi connectivity index (χ1) is 13.1. The van der Waals surface area contributed by atoms with Crippen LogP contribution in [0.15, 0.2) is 59.5 Å². The highest BCUT2D eigenvalue weighted by molar-refractivity contribution is 7.97. The molecule has 6 heteroatoms. The quantitative estimate of drug-likeness (QED) is 0.557. The molecular weight excluding hydrogens is 360 g/mol. The molecule has 1 aliphatic rings. The number of carbonyl (C=O) groups excluding carboxylic acids is 2. The highest BCUT2D eigenvalue weighted by Gasteiger charge is 2.19. The second kappa shape index (κ2) is 11.4. The SMILES string of the molecule is CN(C)Sc1cccc(C(=O)N2CCCC2)c1.O=COCc1ccccc1. The lowest BCUT2D eigenvalue weighted by molar-refractivity contribution is -0.129. The minimum Gasteiger partial charge on any atom is -0.463 e. The van der Waals surface area contributed by atoms with E-state index >= 15 is 0 Å². The fourth-order valence-corrected chi connectivity index (χ4v) is 3.44. The van der Waals surface area contributed by atoms with Crippen LogP contribution in [0.5, 0.6) is 0 Å². The molecule has 0 aliphatic carbocycles. The molecule has 1 fully saturated rings. The molecule has 0 aromatic heterocycles. The zero-order valence-electron chi connectivity index (χ0n) is 15.8. The minimum atomic E-state index is 0.170. The molecule has 1 heterocycles. The summed E-state index contributed by atoms with van der Waals surface area (Å²) in [5.41, 5.74) is 1.81. The van der Waals surface area contributed by atoms with E-state index < -0.39 is 0 Å². The Hall–Kier alpha value is -2.31. The van der Waals surface area contributed by atoms with Crippen molar-refractivity contribution >= 4 is 24.3 Å². The van der Waals surface area contributed by atoms with Gasteiger partial charge in [-0.3, -0.25) is 13.9 Å². The normalized spacial score (nSPS) is 13.1. The van der Waals surface area contributed by atoms with E-state index in [2.05, 4.69) is 4.74 Å². The molecule has 1 amide bonds. The zero-order valence-corrected chi connectivity index (χ0v) is 16.7. The predicted octanol–water partition coefficient (Wildman–Crippen LogP) is 3.85. The monoisotopic (exact) mass is 386 g/mol. The van der Waals surface area contributed by atoms with Crippen molar-refractivity contribution in [3.05, 3.63) is 65.7 Å². The maximum absolute atomic E-state index is 12.2. The first-order valence-corrected chi connectivity index (χ1v) is 9.71. The fraction of sp³-hybridized carbons (Fsp3) is 0.333. The average Bonchev–Trinajstić information content (AvgIpc) is 3.21. The number of rotatable bonds is 6. The molecule has 1 aliphatic heterocycles. The van der Waals surface area contributed by atoms with Crippen LogP contribution in [-0.2, 0) is 16.1 Å². The van der Waals surface area contributed by atoms with Crippen LogP contribution in [0.25, 0.3) is 0 Å². The molecule has 2 aromatic rings. The third-order valence-corrected chi connectivity index (χ3v) is 4.75. The highest BCUT2D eigenvalue weighted by atomic mass is 32.2. The Bertz CT molecular complexity index is 716. The molecular formula is C21H26N2O3S. The molecule has 5 nitrogen and oxygen atoms in total. The van der Waals surface area contributed by atoms with Crippen molar-refractivity contribution in [3.8, 4) is 0 Å². The summed E-state index contributed by atoms with van der Waals surface area (Å²) in [6.07, 6.45) is 2.27. The first kappa shape index (κ1) is 21.0. The molecule has 3 rings (SSSR count). The van der Waals surface area contributed by atoms with Gasteiger partial charge in [-0.1, -0.05) is 36.4 Å². The van der Waals surface area contributed by atoms with Crippen LogP contribution in [0.1, 0.15) is 28.8 Å². The summed E-state index contributed by atoms with van der Waals surface area (Å²) < 4.78 is 6.57. The number of hydrogen-bond acceptors (Lipinski definition) is 5. The van der Waals surface area contributed by atoms with Crippen molar-refractivity contribution in [2.24, 2.45) is 0 Å². The standard InChI is InChI=1S/C13H18N2OS.C8H8O2/c1-14(2)17-12-7-5-6-11(10-12)13(16)15-8-3-4-9-15;9-7-10-6-8-4-2-1-3-5-8/h5-7,10H,3-4,8-9H2,1-2H3;1-5,7H,6H2. The van der Waals surface area contributed by atoms with E-state index in [-0.39, 0.29) is 5.91 Å². The van der Waals surface area contributed by atoms with Gasteiger partial charge < -0.3 is 9.64 Å². The lowest BCUT2D eigenvalue weighted by Crippen LogP contribution is -2.27. The highest BCUT2D eigenvalue weighted by Crippen LogP contribution is 2.22. The van der Waals surface area contributed by atoms with Gasteiger partial charge in [0.05, 0.1) is 0 Å². The van der Waals surface area contributed by atoms with Crippen molar-refractivity contribution in [1.29, 1.82) is 0 Å². The number of hydrogen-bond donors (Lipinski definition) is 0. The van der Waals surface area contributed by atoms with Crippen molar-refractivity contribution in [2.75, 3.05) is 27.2 Å². The molecule has 27 heavy (non-hydrogen) atoms. The topological polar surface area (TPSA) is 49.9 Å². The van der Waals surface area contributed by atoms with E-state index in [9.17, 15) is 9.59 Å². The third kappa shape index (κ3) is 7.45. The number of ether oxygens (including phenoxy) is 1. The van der Waals surface area contributed by atoms with E-state index in [0.29, 0.717) is 13.1 Å². The number of nitrogens with zero attached hydrogens (tertiary/aromatic N) is 2.